The normalized spacial score (nSPS) is 35.9. The Hall–Kier alpha value is -2.51. The third-order valence-corrected chi connectivity index (χ3v) is 8.80. The summed E-state index contributed by atoms with van der Waals surface area (Å²) in [5.74, 6) is -1.17. The molecule has 0 aromatic rings. The fourth-order valence-electron chi connectivity index (χ4n) is 6.36. The first kappa shape index (κ1) is 43.9. The lowest BCUT2D eigenvalue weighted by Gasteiger charge is -2.48. The van der Waals surface area contributed by atoms with Crippen molar-refractivity contribution in [2.45, 2.75) is 180 Å². The molecule has 0 bridgehead atoms. The average molecular weight is 750 g/mol. The lowest BCUT2D eigenvalue weighted by atomic mass is 9.80. The van der Waals surface area contributed by atoms with Crippen LogP contribution in [0.2, 0.25) is 0 Å². The number of hydrogen-bond acceptors (Lipinski definition) is 14. The fourth-order valence-corrected chi connectivity index (χ4v) is 6.36. The van der Waals surface area contributed by atoms with Gasteiger partial charge in [0.25, 0.3) is 0 Å². The van der Waals surface area contributed by atoms with Crippen molar-refractivity contribution in [1.29, 1.82) is 0 Å². The first-order valence-electron chi connectivity index (χ1n) is 18.1. The van der Waals surface area contributed by atoms with Crippen LogP contribution in [0.25, 0.3) is 0 Å². The second-order valence-electron chi connectivity index (χ2n) is 17.1. The van der Waals surface area contributed by atoms with Crippen LogP contribution in [0.1, 0.15) is 95.4 Å². The van der Waals surface area contributed by atoms with Crippen molar-refractivity contribution in [3.05, 3.63) is 0 Å². The van der Waals surface area contributed by atoms with Crippen molar-refractivity contribution in [3.63, 3.8) is 0 Å². The molecule has 3 fully saturated rings. The number of aliphatic hydroxyl groups excluding tert-OH is 4. The Kier molecular flexibility index (Phi) is 15.0. The molecule has 2 heterocycles. The highest BCUT2D eigenvalue weighted by molar-refractivity contribution is 5.69. The molecule has 0 aromatic heterocycles. The van der Waals surface area contributed by atoms with Crippen molar-refractivity contribution >= 4 is 18.3 Å². The summed E-state index contributed by atoms with van der Waals surface area (Å²) in [5.41, 5.74) is -2.34. The molecule has 3 amide bonds. The first-order chi connectivity index (χ1) is 23.9. The summed E-state index contributed by atoms with van der Waals surface area (Å²) < 4.78 is 41.0. The average Bonchev–Trinajstić information content (AvgIpc) is 2.98. The number of hydrogen-bond donors (Lipinski definition) is 7. The molecule has 302 valence electrons. The van der Waals surface area contributed by atoms with E-state index in [9.17, 15) is 34.8 Å². The zero-order chi connectivity index (χ0) is 39.3. The molecule has 3 aliphatic rings. The van der Waals surface area contributed by atoms with E-state index in [4.69, 9.17) is 33.2 Å². The molecule has 17 nitrogen and oxygen atoms in total. The highest BCUT2D eigenvalue weighted by Crippen LogP contribution is 2.36. The number of alkyl carbamates (subject to hydrolysis) is 3. The number of ether oxygens (including phenoxy) is 7. The molecule has 17 heteroatoms. The molecular weight excluding hydrogens is 686 g/mol. The number of carbonyl (C=O) groups is 3. The van der Waals surface area contributed by atoms with Crippen LogP contribution >= 0.6 is 0 Å². The molecule has 52 heavy (non-hydrogen) atoms. The maximum absolute atomic E-state index is 13.0. The third-order valence-electron chi connectivity index (χ3n) is 8.80. The second kappa shape index (κ2) is 17.8. The summed E-state index contributed by atoms with van der Waals surface area (Å²) in [7, 11) is 0. The minimum absolute atomic E-state index is 0.0521. The predicted octanol–water partition coefficient (Wildman–Crippen LogP) is 2.05. The molecular formula is C35H63N3O14. The SMILES string of the molecule is C[C@@H]1C[C@@H](NC(=O)OC(C)(C)C)C(O[C@H]2OC(CNC(=O)OC(C)(C)C)CCC2NC(=O)OC(C)(C)C)C(O)[C@H]1O[C@H]1OC(CO)[C@@H](O)[C@H](C)C1O. The van der Waals surface area contributed by atoms with Crippen LogP contribution in [0.5, 0.6) is 0 Å². The van der Waals surface area contributed by atoms with Gasteiger partial charge in [0.2, 0.25) is 0 Å². The minimum atomic E-state index is -1.47. The van der Waals surface area contributed by atoms with Gasteiger partial charge in [0.1, 0.15) is 41.2 Å². The zero-order valence-corrected chi connectivity index (χ0v) is 32.4. The molecule has 6 unspecified atom stereocenters. The highest BCUT2D eigenvalue weighted by Gasteiger charge is 2.51. The van der Waals surface area contributed by atoms with E-state index in [2.05, 4.69) is 16.0 Å². The molecule has 0 radical (unpaired) electrons. The maximum Gasteiger partial charge on any atom is 0.408 e. The van der Waals surface area contributed by atoms with Gasteiger partial charge >= 0.3 is 18.3 Å². The summed E-state index contributed by atoms with van der Waals surface area (Å²) in [6.45, 7) is 18.4. The number of carbonyl (C=O) groups excluding carboxylic acids is 3. The van der Waals surface area contributed by atoms with E-state index in [0.29, 0.717) is 12.8 Å². The Morgan fingerprint density at radius 2 is 1.19 bits per heavy atom. The van der Waals surface area contributed by atoms with E-state index in [1.807, 2.05) is 0 Å². The van der Waals surface area contributed by atoms with Crippen molar-refractivity contribution in [3.8, 4) is 0 Å². The van der Waals surface area contributed by atoms with E-state index in [1.165, 1.54) is 0 Å². The van der Waals surface area contributed by atoms with Gasteiger partial charge in [-0.05, 0) is 87.5 Å². The van der Waals surface area contributed by atoms with Gasteiger partial charge in [0.05, 0.1) is 37.0 Å². The van der Waals surface area contributed by atoms with Crippen LogP contribution in [0.3, 0.4) is 0 Å². The summed E-state index contributed by atoms with van der Waals surface area (Å²) >= 11 is 0. The highest BCUT2D eigenvalue weighted by atomic mass is 16.7. The van der Waals surface area contributed by atoms with E-state index in [-0.39, 0.29) is 13.0 Å². The number of rotatable bonds is 9. The molecule has 1 aliphatic carbocycles. The zero-order valence-electron chi connectivity index (χ0n) is 32.4. The molecule has 2 saturated heterocycles. The van der Waals surface area contributed by atoms with Gasteiger partial charge in [-0.15, -0.1) is 0 Å². The quantitative estimate of drug-likeness (QED) is 0.167. The summed E-state index contributed by atoms with van der Waals surface area (Å²) in [4.78, 5) is 38.4. The van der Waals surface area contributed by atoms with Crippen LogP contribution in [-0.4, -0.2) is 136 Å². The smallest absolute Gasteiger partial charge is 0.408 e. The Balaban J connectivity index is 1.91. The van der Waals surface area contributed by atoms with Crippen LogP contribution in [0.4, 0.5) is 14.4 Å². The summed E-state index contributed by atoms with van der Waals surface area (Å²) in [6.07, 6.45) is -11.5. The summed E-state index contributed by atoms with van der Waals surface area (Å²) in [5, 5.41) is 51.4. The number of aliphatic hydroxyl groups is 4. The standard InChI is InChI=1S/C35H63N3O14/c1-17-14-21(38-32(45)52-35(9,10)11)27(25(42)26(17)48-29-24(41)18(2)23(40)22(16-39)47-29)49-28-20(37-31(44)51-34(6,7)8)13-12-19(46-28)15-36-30(43)50-33(3,4)5/h17-29,39-42H,12-16H2,1-11H3,(H,36,43)(H,37,44)(H,38,45)/t17-,18+,19?,20?,21-,22?,23+,24?,25?,26+,27?,28-,29-/m1/s1. The Labute approximate surface area is 306 Å². The monoisotopic (exact) mass is 749 g/mol. The molecule has 1 saturated carbocycles. The lowest BCUT2D eigenvalue weighted by molar-refractivity contribution is -0.325. The molecule has 3 rings (SSSR count). The van der Waals surface area contributed by atoms with E-state index in [1.54, 1.807) is 76.2 Å². The topological polar surface area (TPSA) is 233 Å². The van der Waals surface area contributed by atoms with Gasteiger partial charge in [-0.1, -0.05) is 13.8 Å². The van der Waals surface area contributed by atoms with Gasteiger partial charge in [-0.25, -0.2) is 14.4 Å². The Morgan fingerprint density at radius 3 is 1.73 bits per heavy atom. The molecule has 0 aromatic carbocycles. The summed E-state index contributed by atoms with van der Waals surface area (Å²) in [6, 6.07) is -1.63. The van der Waals surface area contributed by atoms with Crippen LogP contribution in [-0.2, 0) is 33.2 Å². The van der Waals surface area contributed by atoms with Crippen LogP contribution in [0.15, 0.2) is 0 Å². The molecule has 2 aliphatic heterocycles. The van der Waals surface area contributed by atoms with Crippen LogP contribution in [0, 0.1) is 11.8 Å². The van der Waals surface area contributed by atoms with Gasteiger partial charge in [-0.3, -0.25) is 0 Å². The van der Waals surface area contributed by atoms with Crippen molar-refractivity contribution in [1.82, 2.24) is 16.0 Å². The predicted molar refractivity (Wildman–Crippen MR) is 185 cm³/mol. The van der Waals surface area contributed by atoms with Crippen molar-refractivity contribution in [2.24, 2.45) is 11.8 Å². The largest absolute Gasteiger partial charge is 0.444 e. The van der Waals surface area contributed by atoms with Crippen molar-refractivity contribution in [2.75, 3.05) is 13.2 Å². The molecule has 13 atom stereocenters. The minimum Gasteiger partial charge on any atom is -0.444 e. The first-order valence-corrected chi connectivity index (χ1v) is 18.1. The van der Waals surface area contributed by atoms with E-state index in [0.717, 1.165) is 0 Å². The second-order valence-corrected chi connectivity index (χ2v) is 17.1. The van der Waals surface area contributed by atoms with E-state index < -0.39 is 121 Å². The molecule has 0 spiro atoms. The Morgan fingerprint density at radius 1 is 0.673 bits per heavy atom. The van der Waals surface area contributed by atoms with Crippen molar-refractivity contribution < 1.29 is 68.0 Å². The lowest BCUT2D eigenvalue weighted by Crippen LogP contribution is -2.65. The van der Waals surface area contributed by atoms with Gasteiger partial charge in [0, 0.05) is 12.5 Å². The number of nitrogens with one attached hydrogen (secondary N) is 3. The number of amides is 3. The fraction of sp³-hybridized carbons (Fsp3) is 0.914. The Bertz CT molecular complexity index is 1180. The van der Waals surface area contributed by atoms with Gasteiger partial charge in [-0.2, -0.15) is 0 Å². The van der Waals surface area contributed by atoms with Gasteiger partial charge < -0.3 is 69.5 Å². The third kappa shape index (κ3) is 13.1. The van der Waals surface area contributed by atoms with Crippen LogP contribution < -0.4 is 16.0 Å². The maximum atomic E-state index is 13.0. The van der Waals surface area contributed by atoms with E-state index >= 15 is 0 Å². The molecule has 7 N–H and O–H groups in total. The van der Waals surface area contributed by atoms with Gasteiger partial charge in [0.15, 0.2) is 12.6 Å².